The Bertz CT molecular complexity index is 1410. The van der Waals surface area contributed by atoms with Gasteiger partial charge in [-0.3, -0.25) is 4.79 Å². The van der Waals surface area contributed by atoms with Crippen molar-refractivity contribution in [2.24, 2.45) is 0 Å². The van der Waals surface area contributed by atoms with E-state index in [-0.39, 0.29) is 23.6 Å². The van der Waals surface area contributed by atoms with Crippen molar-refractivity contribution in [3.05, 3.63) is 77.5 Å². The molecule has 1 saturated heterocycles. The molecule has 3 heterocycles. The molecule has 1 atom stereocenters. The topological polar surface area (TPSA) is 105 Å². The van der Waals surface area contributed by atoms with Gasteiger partial charge in [-0.15, -0.1) is 0 Å². The number of rotatable bonds is 9. The highest BCUT2D eigenvalue weighted by molar-refractivity contribution is 6.31. The minimum absolute atomic E-state index is 0.0108. The number of piperidine rings is 1. The number of likely N-dealkylation sites (tertiary alicyclic amines) is 1. The lowest BCUT2D eigenvalue weighted by molar-refractivity contribution is -0.145. The number of hydrogen-bond acceptors (Lipinski definition) is 9. The Hall–Kier alpha value is -3.89. The first-order valence-corrected chi connectivity index (χ1v) is 12.8. The molecule has 0 aliphatic carbocycles. The molecule has 1 fully saturated rings. The van der Waals surface area contributed by atoms with Crippen molar-refractivity contribution in [2.75, 3.05) is 30.3 Å². The minimum atomic E-state index is -0.496. The van der Waals surface area contributed by atoms with Gasteiger partial charge in [0.15, 0.2) is 5.82 Å². The van der Waals surface area contributed by atoms with E-state index < -0.39 is 5.82 Å². The first-order valence-electron chi connectivity index (χ1n) is 12.4. The summed E-state index contributed by atoms with van der Waals surface area (Å²) in [6.45, 7) is 2.60. The molecule has 2 aromatic carbocycles. The fourth-order valence-electron chi connectivity index (χ4n) is 4.34. The summed E-state index contributed by atoms with van der Waals surface area (Å²) in [5, 5.41) is 6.55. The second-order valence-electron chi connectivity index (χ2n) is 9.08. The quantitative estimate of drug-likeness (QED) is 0.287. The first-order chi connectivity index (χ1) is 18.5. The summed E-state index contributed by atoms with van der Waals surface area (Å²) in [5.41, 5.74) is 2.65. The predicted molar refractivity (Wildman–Crippen MR) is 144 cm³/mol. The van der Waals surface area contributed by atoms with E-state index in [0.29, 0.717) is 41.5 Å². The fourth-order valence-corrected chi connectivity index (χ4v) is 4.52. The van der Waals surface area contributed by atoms with Gasteiger partial charge in [0.25, 0.3) is 0 Å². The lowest BCUT2D eigenvalue weighted by Gasteiger charge is -2.32. The van der Waals surface area contributed by atoms with E-state index in [1.165, 1.54) is 18.5 Å². The fraction of sp³-hybridized carbons (Fsp3) is 0.296. The molecule has 0 bridgehead atoms. The van der Waals surface area contributed by atoms with Gasteiger partial charge in [0.1, 0.15) is 29.8 Å². The molecular formula is C27H27ClFN7O2. The van der Waals surface area contributed by atoms with Crippen LogP contribution in [0, 0.1) is 5.82 Å². The van der Waals surface area contributed by atoms with Gasteiger partial charge in [0, 0.05) is 24.8 Å². The van der Waals surface area contributed by atoms with Crippen molar-refractivity contribution < 1.29 is 13.9 Å². The molecule has 2 N–H and O–H groups in total. The summed E-state index contributed by atoms with van der Waals surface area (Å²) in [6.07, 6.45) is 5.34. The second kappa shape index (κ2) is 12.1. The van der Waals surface area contributed by atoms with Crippen molar-refractivity contribution in [1.29, 1.82) is 0 Å². The van der Waals surface area contributed by atoms with Crippen LogP contribution < -0.4 is 10.6 Å². The van der Waals surface area contributed by atoms with Gasteiger partial charge in [-0.05, 0) is 43.1 Å². The molecule has 0 amide bonds. The maximum Gasteiger partial charge on any atom is 0.307 e. The van der Waals surface area contributed by atoms with Crippen LogP contribution in [0.2, 0.25) is 5.02 Å². The highest BCUT2D eigenvalue weighted by atomic mass is 35.5. The van der Waals surface area contributed by atoms with Crippen LogP contribution in [0.3, 0.4) is 0 Å². The molecule has 9 nitrogen and oxygen atoms in total. The average molecular weight is 536 g/mol. The maximum absolute atomic E-state index is 13.5. The van der Waals surface area contributed by atoms with Gasteiger partial charge in [-0.25, -0.2) is 24.3 Å². The highest BCUT2D eigenvalue weighted by Crippen LogP contribution is 2.25. The zero-order valence-corrected chi connectivity index (χ0v) is 21.4. The van der Waals surface area contributed by atoms with Crippen molar-refractivity contribution in [3.8, 4) is 0 Å². The normalized spacial score (nSPS) is 15.8. The number of halogens is 2. The molecule has 1 unspecified atom stereocenters. The van der Waals surface area contributed by atoms with Gasteiger partial charge in [0.2, 0.25) is 5.95 Å². The number of carbonyl (C=O) groups is 1. The van der Waals surface area contributed by atoms with E-state index in [9.17, 15) is 9.18 Å². The van der Waals surface area contributed by atoms with Crippen LogP contribution in [-0.2, 0) is 16.1 Å². The van der Waals surface area contributed by atoms with Crippen LogP contribution >= 0.6 is 11.6 Å². The number of hydrogen-bond donors (Lipinski definition) is 2. The largest absolute Gasteiger partial charge is 0.461 e. The number of carbonyl (C=O) groups excluding carboxylic acids is 1. The summed E-state index contributed by atoms with van der Waals surface area (Å²) < 4.78 is 18.9. The summed E-state index contributed by atoms with van der Waals surface area (Å²) in [7, 11) is 0. The van der Waals surface area contributed by atoms with E-state index in [2.05, 4.69) is 35.5 Å². The van der Waals surface area contributed by atoms with E-state index >= 15 is 0 Å². The van der Waals surface area contributed by atoms with Gasteiger partial charge in [0.05, 0.1) is 17.6 Å². The average Bonchev–Trinajstić information content (AvgIpc) is 2.94. The van der Waals surface area contributed by atoms with Gasteiger partial charge in [-0.2, -0.15) is 0 Å². The Kier molecular flexibility index (Phi) is 8.20. The van der Waals surface area contributed by atoms with Crippen LogP contribution in [0.5, 0.6) is 0 Å². The number of benzene rings is 2. The molecule has 0 spiro atoms. The van der Waals surface area contributed by atoms with Crippen LogP contribution in [0.1, 0.15) is 24.8 Å². The third kappa shape index (κ3) is 6.70. The third-order valence-corrected chi connectivity index (χ3v) is 6.56. The Balaban J connectivity index is 1.18. The number of anilines is 3. The summed E-state index contributed by atoms with van der Waals surface area (Å²) >= 11 is 5.91. The summed E-state index contributed by atoms with van der Waals surface area (Å²) in [6, 6.07) is 14.1. The SMILES string of the molecule is O=C(CCN1CCCC(Nc2ncc3ncnc(Nc4ccc(F)c(Cl)c4)c3n2)C1)OCc1ccccc1. The van der Waals surface area contributed by atoms with Crippen molar-refractivity contribution in [1.82, 2.24) is 24.8 Å². The second-order valence-corrected chi connectivity index (χ2v) is 9.49. The number of nitrogens with one attached hydrogen (secondary N) is 2. The highest BCUT2D eigenvalue weighted by Gasteiger charge is 2.21. The zero-order chi connectivity index (χ0) is 26.3. The molecule has 0 radical (unpaired) electrons. The first kappa shape index (κ1) is 25.7. The molecule has 1 aliphatic rings. The number of fused-ring (bicyclic) bond motifs is 1. The van der Waals surface area contributed by atoms with Crippen LogP contribution in [0.4, 0.5) is 21.8 Å². The van der Waals surface area contributed by atoms with Gasteiger partial charge >= 0.3 is 5.97 Å². The lowest BCUT2D eigenvalue weighted by atomic mass is 10.1. The molecule has 5 rings (SSSR count). The monoisotopic (exact) mass is 535 g/mol. The maximum atomic E-state index is 13.5. The molecule has 11 heteroatoms. The predicted octanol–water partition coefficient (Wildman–Crippen LogP) is 4.97. The standard InChI is InChI=1S/C27H27ClFN7O2/c28-21-13-19(8-9-22(21)29)33-26-25-23(31-17-32-26)14-30-27(35-25)34-20-7-4-11-36(15-20)12-10-24(37)38-16-18-5-2-1-3-6-18/h1-3,5-6,8-9,13-14,17,20H,4,7,10-12,15-16H2,(H,30,34,35)(H,31,32,33). The van der Waals surface area contributed by atoms with Crippen LogP contribution in [0.15, 0.2) is 61.1 Å². The van der Waals surface area contributed by atoms with Crippen molar-refractivity contribution in [3.63, 3.8) is 0 Å². The zero-order valence-electron chi connectivity index (χ0n) is 20.6. The molecule has 2 aromatic heterocycles. The summed E-state index contributed by atoms with van der Waals surface area (Å²) in [4.78, 5) is 32.1. The van der Waals surface area contributed by atoms with E-state index in [1.807, 2.05) is 30.3 Å². The Labute approximate surface area is 224 Å². The molecule has 0 saturated carbocycles. The molecule has 196 valence electrons. The van der Waals surface area contributed by atoms with Crippen molar-refractivity contribution in [2.45, 2.75) is 31.9 Å². The van der Waals surface area contributed by atoms with E-state index in [0.717, 1.165) is 31.5 Å². The third-order valence-electron chi connectivity index (χ3n) is 6.27. The molecular weight excluding hydrogens is 509 g/mol. The van der Waals surface area contributed by atoms with Crippen LogP contribution in [-0.4, -0.2) is 56.5 Å². The molecule has 4 aromatic rings. The van der Waals surface area contributed by atoms with E-state index in [1.54, 1.807) is 12.3 Å². The lowest BCUT2D eigenvalue weighted by Crippen LogP contribution is -2.43. The number of nitrogens with zero attached hydrogens (tertiary/aromatic N) is 5. The summed E-state index contributed by atoms with van der Waals surface area (Å²) in [5.74, 6) is 0.220. The molecule has 1 aliphatic heterocycles. The number of aromatic nitrogens is 4. The number of esters is 1. The Morgan fingerprint density at radius 1 is 1.16 bits per heavy atom. The minimum Gasteiger partial charge on any atom is -0.461 e. The van der Waals surface area contributed by atoms with Gasteiger partial charge in [-0.1, -0.05) is 41.9 Å². The Morgan fingerprint density at radius 3 is 2.87 bits per heavy atom. The van der Waals surface area contributed by atoms with E-state index in [4.69, 9.17) is 16.3 Å². The Morgan fingerprint density at radius 2 is 2.03 bits per heavy atom. The smallest absolute Gasteiger partial charge is 0.307 e. The van der Waals surface area contributed by atoms with Gasteiger partial charge < -0.3 is 20.3 Å². The van der Waals surface area contributed by atoms with Crippen molar-refractivity contribution >= 4 is 46.1 Å². The number of ether oxygens (including phenoxy) is 1. The van der Waals surface area contributed by atoms with Crippen LogP contribution in [0.25, 0.3) is 11.0 Å². The molecule has 38 heavy (non-hydrogen) atoms.